The standard InChI is InChI=1S/C21H24N6/c1-2-20-23-14-17(15-24-20)16-26-10-12-27(13-11-26)21-22-9-8-19(25-21)18-6-4-3-5-7-18/h3-9,14-15H,2,10-13,16H2,1H3. The lowest BCUT2D eigenvalue weighted by Crippen LogP contribution is -2.46. The van der Waals surface area contributed by atoms with Crippen LogP contribution in [0, 0.1) is 0 Å². The fourth-order valence-corrected chi connectivity index (χ4v) is 3.28. The van der Waals surface area contributed by atoms with Crippen LogP contribution in [0.5, 0.6) is 0 Å². The van der Waals surface area contributed by atoms with Crippen LogP contribution in [0.1, 0.15) is 18.3 Å². The summed E-state index contributed by atoms with van der Waals surface area (Å²) in [5.74, 6) is 1.71. The van der Waals surface area contributed by atoms with Gasteiger partial charge in [-0.2, -0.15) is 0 Å². The first-order valence-electron chi connectivity index (χ1n) is 9.47. The van der Waals surface area contributed by atoms with Gasteiger partial charge in [-0.25, -0.2) is 19.9 Å². The first-order valence-corrected chi connectivity index (χ1v) is 9.47. The Morgan fingerprint density at radius 1 is 0.889 bits per heavy atom. The Bertz CT molecular complexity index is 857. The lowest BCUT2D eigenvalue weighted by atomic mass is 10.1. The van der Waals surface area contributed by atoms with Gasteiger partial charge in [0.1, 0.15) is 5.82 Å². The summed E-state index contributed by atoms with van der Waals surface area (Å²) < 4.78 is 0. The van der Waals surface area contributed by atoms with Crippen LogP contribution in [0.4, 0.5) is 5.95 Å². The Labute approximate surface area is 159 Å². The van der Waals surface area contributed by atoms with Crippen molar-refractivity contribution in [3.8, 4) is 11.3 Å². The van der Waals surface area contributed by atoms with E-state index in [0.717, 1.165) is 62.2 Å². The zero-order chi connectivity index (χ0) is 18.5. The van der Waals surface area contributed by atoms with Crippen LogP contribution >= 0.6 is 0 Å². The topological polar surface area (TPSA) is 58.0 Å². The Balaban J connectivity index is 1.37. The maximum absolute atomic E-state index is 4.77. The molecule has 1 aromatic carbocycles. The van der Waals surface area contributed by atoms with Crippen molar-refractivity contribution < 1.29 is 0 Å². The van der Waals surface area contributed by atoms with Crippen LogP contribution < -0.4 is 4.90 Å². The molecule has 0 unspecified atom stereocenters. The van der Waals surface area contributed by atoms with E-state index in [2.05, 4.69) is 43.8 Å². The largest absolute Gasteiger partial charge is 0.338 e. The van der Waals surface area contributed by atoms with E-state index < -0.39 is 0 Å². The predicted molar refractivity (Wildman–Crippen MR) is 106 cm³/mol. The van der Waals surface area contributed by atoms with E-state index in [-0.39, 0.29) is 0 Å². The van der Waals surface area contributed by atoms with Crippen molar-refractivity contribution in [2.75, 3.05) is 31.1 Å². The molecule has 0 amide bonds. The molecule has 0 aliphatic carbocycles. The fourth-order valence-electron chi connectivity index (χ4n) is 3.28. The van der Waals surface area contributed by atoms with Crippen molar-refractivity contribution in [3.63, 3.8) is 0 Å². The Kier molecular flexibility index (Phi) is 5.34. The molecule has 0 N–H and O–H groups in total. The molecule has 1 fully saturated rings. The number of hydrogen-bond acceptors (Lipinski definition) is 6. The van der Waals surface area contributed by atoms with Gasteiger partial charge < -0.3 is 4.90 Å². The van der Waals surface area contributed by atoms with E-state index in [0.29, 0.717) is 0 Å². The summed E-state index contributed by atoms with van der Waals surface area (Å²) in [6.45, 7) is 6.77. The van der Waals surface area contributed by atoms with Crippen LogP contribution in [0.3, 0.4) is 0 Å². The lowest BCUT2D eigenvalue weighted by Gasteiger charge is -2.34. The third-order valence-corrected chi connectivity index (χ3v) is 4.85. The normalized spacial score (nSPS) is 15.1. The van der Waals surface area contributed by atoms with Crippen molar-refractivity contribution in [3.05, 3.63) is 66.4 Å². The Morgan fingerprint density at radius 3 is 2.33 bits per heavy atom. The minimum Gasteiger partial charge on any atom is -0.338 e. The molecule has 0 saturated carbocycles. The van der Waals surface area contributed by atoms with Gasteiger partial charge in [0.15, 0.2) is 0 Å². The van der Waals surface area contributed by atoms with Gasteiger partial charge in [-0.15, -0.1) is 0 Å². The first kappa shape index (κ1) is 17.5. The highest BCUT2D eigenvalue weighted by atomic mass is 15.3. The van der Waals surface area contributed by atoms with E-state index in [4.69, 9.17) is 4.98 Å². The zero-order valence-electron chi connectivity index (χ0n) is 15.6. The maximum Gasteiger partial charge on any atom is 0.225 e. The van der Waals surface area contributed by atoms with Crippen molar-refractivity contribution >= 4 is 5.95 Å². The molecule has 1 aliphatic rings. The molecule has 3 heterocycles. The van der Waals surface area contributed by atoms with E-state index in [1.807, 2.05) is 42.9 Å². The summed E-state index contributed by atoms with van der Waals surface area (Å²) in [6.07, 6.45) is 6.62. The van der Waals surface area contributed by atoms with Gasteiger partial charge >= 0.3 is 0 Å². The molecule has 138 valence electrons. The average molecular weight is 360 g/mol. The summed E-state index contributed by atoms with van der Waals surface area (Å²) in [6, 6.07) is 12.2. The summed E-state index contributed by atoms with van der Waals surface area (Å²) >= 11 is 0. The molecular weight excluding hydrogens is 336 g/mol. The summed E-state index contributed by atoms with van der Waals surface area (Å²) in [5.41, 5.74) is 3.26. The van der Waals surface area contributed by atoms with Gasteiger partial charge in [-0.3, -0.25) is 4.90 Å². The number of aryl methyl sites for hydroxylation is 1. The monoisotopic (exact) mass is 360 g/mol. The van der Waals surface area contributed by atoms with Crippen LogP contribution in [0.15, 0.2) is 55.0 Å². The minimum atomic E-state index is 0.812. The van der Waals surface area contributed by atoms with Crippen LogP contribution in [-0.2, 0) is 13.0 Å². The lowest BCUT2D eigenvalue weighted by molar-refractivity contribution is 0.248. The molecule has 6 nitrogen and oxygen atoms in total. The molecule has 4 rings (SSSR count). The average Bonchev–Trinajstić information content (AvgIpc) is 2.75. The number of anilines is 1. The summed E-state index contributed by atoms with van der Waals surface area (Å²) in [5, 5.41) is 0. The molecule has 1 saturated heterocycles. The summed E-state index contributed by atoms with van der Waals surface area (Å²) in [4.78, 5) is 22.8. The summed E-state index contributed by atoms with van der Waals surface area (Å²) in [7, 11) is 0. The number of hydrogen-bond donors (Lipinski definition) is 0. The quantitative estimate of drug-likeness (QED) is 0.697. The molecule has 0 bridgehead atoms. The van der Waals surface area contributed by atoms with E-state index in [1.54, 1.807) is 0 Å². The molecule has 0 atom stereocenters. The van der Waals surface area contributed by atoms with E-state index in [9.17, 15) is 0 Å². The fraction of sp³-hybridized carbons (Fsp3) is 0.333. The third kappa shape index (κ3) is 4.28. The molecule has 3 aromatic rings. The molecule has 1 aliphatic heterocycles. The second-order valence-electron chi connectivity index (χ2n) is 6.73. The van der Waals surface area contributed by atoms with Crippen molar-refractivity contribution in [1.82, 2.24) is 24.8 Å². The second kappa shape index (κ2) is 8.22. The number of benzene rings is 1. The van der Waals surface area contributed by atoms with Crippen LogP contribution in [0.2, 0.25) is 0 Å². The van der Waals surface area contributed by atoms with Crippen LogP contribution in [-0.4, -0.2) is 51.0 Å². The van der Waals surface area contributed by atoms with Gasteiger partial charge in [0.2, 0.25) is 5.95 Å². The van der Waals surface area contributed by atoms with Gasteiger partial charge in [0.25, 0.3) is 0 Å². The molecule has 27 heavy (non-hydrogen) atoms. The highest BCUT2D eigenvalue weighted by molar-refractivity contribution is 5.59. The molecule has 0 spiro atoms. The maximum atomic E-state index is 4.77. The Hall–Kier alpha value is -2.86. The minimum absolute atomic E-state index is 0.812. The van der Waals surface area contributed by atoms with Crippen molar-refractivity contribution in [2.45, 2.75) is 19.9 Å². The molecular formula is C21H24N6. The van der Waals surface area contributed by atoms with Crippen molar-refractivity contribution in [1.29, 1.82) is 0 Å². The van der Waals surface area contributed by atoms with Gasteiger partial charge in [0.05, 0.1) is 5.69 Å². The molecule has 2 aromatic heterocycles. The molecule has 6 heteroatoms. The number of piperazine rings is 1. The Morgan fingerprint density at radius 2 is 1.63 bits per heavy atom. The SMILES string of the molecule is CCc1ncc(CN2CCN(c3nccc(-c4ccccc4)n3)CC2)cn1. The second-order valence-corrected chi connectivity index (χ2v) is 6.73. The van der Waals surface area contributed by atoms with Gasteiger partial charge in [-0.1, -0.05) is 37.3 Å². The smallest absolute Gasteiger partial charge is 0.225 e. The number of rotatable bonds is 5. The predicted octanol–water partition coefficient (Wildman–Crippen LogP) is 2.82. The highest BCUT2D eigenvalue weighted by Gasteiger charge is 2.19. The first-order chi connectivity index (χ1) is 13.3. The number of nitrogens with zero attached hydrogens (tertiary/aromatic N) is 6. The van der Waals surface area contributed by atoms with E-state index >= 15 is 0 Å². The van der Waals surface area contributed by atoms with Crippen molar-refractivity contribution in [2.24, 2.45) is 0 Å². The van der Waals surface area contributed by atoms with E-state index in [1.165, 1.54) is 5.56 Å². The van der Waals surface area contributed by atoms with Crippen LogP contribution in [0.25, 0.3) is 11.3 Å². The third-order valence-electron chi connectivity index (χ3n) is 4.85. The molecule has 0 radical (unpaired) electrons. The number of aromatic nitrogens is 4. The highest BCUT2D eigenvalue weighted by Crippen LogP contribution is 2.19. The zero-order valence-corrected chi connectivity index (χ0v) is 15.6. The van der Waals surface area contributed by atoms with Gasteiger partial charge in [-0.05, 0) is 6.07 Å². The van der Waals surface area contributed by atoms with Gasteiger partial charge in [0, 0.05) is 68.9 Å².